The van der Waals surface area contributed by atoms with Gasteiger partial charge in [-0.3, -0.25) is 10.1 Å². The monoisotopic (exact) mass is 261 g/mol. The van der Waals surface area contributed by atoms with Gasteiger partial charge in [0, 0.05) is 23.3 Å². The molecule has 3 heteroatoms. The fraction of sp³-hybridized carbons (Fsp3) is 0.0588. The molecule has 3 nitrogen and oxygen atoms in total. The zero-order chi connectivity index (χ0) is 14.4. The van der Waals surface area contributed by atoms with Crippen molar-refractivity contribution in [2.75, 3.05) is 0 Å². The third-order valence-corrected chi connectivity index (χ3v) is 2.58. The summed E-state index contributed by atoms with van der Waals surface area (Å²) >= 11 is 0. The molecule has 0 unspecified atom stereocenters. The van der Waals surface area contributed by atoms with E-state index in [1.807, 2.05) is 31.2 Å². The lowest BCUT2D eigenvalue weighted by atomic mass is 10.1. The molecule has 0 heterocycles. The number of nitro groups is 1. The van der Waals surface area contributed by atoms with E-state index in [4.69, 9.17) is 0 Å². The lowest BCUT2D eigenvalue weighted by Crippen LogP contribution is -1.87. The SMILES string of the molecule is Cc1ccc(C#CC#Cc2cccc([N+](=O)[O-])c2)cc1. The normalized spacial score (nSPS) is 8.85. The van der Waals surface area contributed by atoms with Crippen LogP contribution in [-0.2, 0) is 0 Å². The summed E-state index contributed by atoms with van der Waals surface area (Å²) < 4.78 is 0. The van der Waals surface area contributed by atoms with Crippen molar-refractivity contribution >= 4 is 5.69 Å². The smallest absolute Gasteiger partial charge is 0.258 e. The first-order valence-corrected chi connectivity index (χ1v) is 5.98. The van der Waals surface area contributed by atoms with Gasteiger partial charge in [0.05, 0.1) is 4.92 Å². The molecule has 0 saturated carbocycles. The topological polar surface area (TPSA) is 43.1 Å². The highest BCUT2D eigenvalue weighted by molar-refractivity contribution is 5.47. The van der Waals surface area contributed by atoms with Crippen molar-refractivity contribution in [2.24, 2.45) is 0 Å². The van der Waals surface area contributed by atoms with E-state index in [0.29, 0.717) is 5.56 Å². The molecule has 0 aliphatic rings. The number of aryl methyl sites for hydroxylation is 1. The van der Waals surface area contributed by atoms with Gasteiger partial charge in [0.1, 0.15) is 0 Å². The Morgan fingerprint density at radius 1 is 0.950 bits per heavy atom. The predicted octanol–water partition coefficient (Wildman–Crippen LogP) is 3.31. The zero-order valence-electron chi connectivity index (χ0n) is 10.9. The number of nitro benzene ring substituents is 1. The molecule has 0 aromatic heterocycles. The van der Waals surface area contributed by atoms with E-state index in [1.165, 1.54) is 17.7 Å². The van der Waals surface area contributed by atoms with Gasteiger partial charge < -0.3 is 0 Å². The molecule has 0 aliphatic heterocycles. The Kier molecular flexibility index (Phi) is 4.17. The Balaban J connectivity index is 2.14. The van der Waals surface area contributed by atoms with Crippen molar-refractivity contribution in [1.29, 1.82) is 0 Å². The fourth-order valence-corrected chi connectivity index (χ4v) is 1.54. The molecule has 2 rings (SSSR count). The maximum atomic E-state index is 10.6. The van der Waals surface area contributed by atoms with Gasteiger partial charge in [0.15, 0.2) is 0 Å². The Morgan fingerprint density at radius 2 is 1.60 bits per heavy atom. The largest absolute Gasteiger partial charge is 0.270 e. The molecule has 96 valence electrons. The Labute approximate surface area is 117 Å². The minimum atomic E-state index is -0.441. The van der Waals surface area contributed by atoms with Crippen LogP contribution < -0.4 is 0 Å². The highest BCUT2D eigenvalue weighted by Gasteiger charge is 2.03. The van der Waals surface area contributed by atoms with Crippen LogP contribution in [-0.4, -0.2) is 4.92 Å². The molecule has 0 spiro atoms. The summed E-state index contributed by atoms with van der Waals surface area (Å²) in [7, 11) is 0. The van der Waals surface area contributed by atoms with E-state index in [0.717, 1.165) is 5.56 Å². The molecule has 0 aliphatic carbocycles. The second-order valence-electron chi connectivity index (χ2n) is 4.17. The van der Waals surface area contributed by atoms with Gasteiger partial charge in [0.25, 0.3) is 5.69 Å². The van der Waals surface area contributed by atoms with Crippen molar-refractivity contribution < 1.29 is 4.92 Å². The maximum Gasteiger partial charge on any atom is 0.270 e. The Bertz CT molecular complexity index is 753. The molecule has 0 bridgehead atoms. The number of benzene rings is 2. The summed E-state index contributed by atoms with van der Waals surface area (Å²) in [5, 5.41) is 10.6. The van der Waals surface area contributed by atoms with Crippen molar-refractivity contribution in [3.63, 3.8) is 0 Å². The van der Waals surface area contributed by atoms with Gasteiger partial charge in [-0.2, -0.15) is 0 Å². The third kappa shape index (κ3) is 3.73. The number of nitrogens with zero attached hydrogens (tertiary/aromatic N) is 1. The Hall–Kier alpha value is -3.04. The van der Waals surface area contributed by atoms with Crippen LogP contribution >= 0.6 is 0 Å². The quantitative estimate of drug-likeness (QED) is 0.449. The molecule has 2 aromatic carbocycles. The second kappa shape index (κ2) is 6.22. The summed E-state index contributed by atoms with van der Waals surface area (Å²) in [5.41, 5.74) is 2.68. The molecule has 0 atom stereocenters. The predicted molar refractivity (Wildman–Crippen MR) is 78.0 cm³/mol. The Morgan fingerprint density at radius 3 is 2.25 bits per heavy atom. The summed E-state index contributed by atoms with van der Waals surface area (Å²) in [6.07, 6.45) is 0. The van der Waals surface area contributed by atoms with Crippen molar-refractivity contribution in [3.05, 3.63) is 75.3 Å². The van der Waals surface area contributed by atoms with Gasteiger partial charge in [-0.05, 0) is 37.0 Å². The van der Waals surface area contributed by atoms with Crippen LogP contribution in [0.25, 0.3) is 0 Å². The van der Waals surface area contributed by atoms with E-state index in [2.05, 4.69) is 23.7 Å². The first-order valence-electron chi connectivity index (χ1n) is 5.98. The summed E-state index contributed by atoms with van der Waals surface area (Å²) in [4.78, 5) is 10.2. The highest BCUT2D eigenvalue weighted by Crippen LogP contribution is 2.11. The van der Waals surface area contributed by atoms with Crippen LogP contribution in [0.3, 0.4) is 0 Å². The molecule has 20 heavy (non-hydrogen) atoms. The van der Waals surface area contributed by atoms with E-state index in [1.54, 1.807) is 12.1 Å². The number of hydrogen-bond donors (Lipinski definition) is 0. The number of hydrogen-bond acceptors (Lipinski definition) is 2. The first-order chi connectivity index (χ1) is 9.65. The lowest BCUT2D eigenvalue weighted by molar-refractivity contribution is -0.384. The van der Waals surface area contributed by atoms with Crippen LogP contribution in [0.5, 0.6) is 0 Å². The summed E-state index contributed by atoms with van der Waals surface area (Å²) in [6, 6.07) is 14.0. The summed E-state index contributed by atoms with van der Waals surface area (Å²) in [5.74, 6) is 11.2. The fourth-order valence-electron chi connectivity index (χ4n) is 1.54. The molecule has 0 N–H and O–H groups in total. The minimum absolute atomic E-state index is 0.0308. The van der Waals surface area contributed by atoms with E-state index < -0.39 is 4.92 Å². The molecule has 2 aromatic rings. The molecular weight excluding hydrogens is 250 g/mol. The van der Waals surface area contributed by atoms with E-state index >= 15 is 0 Å². The van der Waals surface area contributed by atoms with Gasteiger partial charge in [-0.25, -0.2) is 0 Å². The van der Waals surface area contributed by atoms with Crippen LogP contribution in [0.4, 0.5) is 5.69 Å². The molecule has 0 saturated heterocycles. The highest BCUT2D eigenvalue weighted by atomic mass is 16.6. The maximum absolute atomic E-state index is 10.6. The van der Waals surface area contributed by atoms with Crippen molar-refractivity contribution in [3.8, 4) is 23.7 Å². The standard InChI is InChI=1S/C17H11NO2/c1-14-9-11-15(12-10-14)5-2-3-6-16-7-4-8-17(13-16)18(19)20/h4,7-13H,1H3. The molecule has 0 radical (unpaired) electrons. The molecular formula is C17H11NO2. The van der Waals surface area contributed by atoms with Gasteiger partial charge in [-0.1, -0.05) is 35.6 Å². The zero-order valence-corrected chi connectivity index (χ0v) is 10.9. The van der Waals surface area contributed by atoms with Crippen molar-refractivity contribution in [2.45, 2.75) is 6.92 Å². The van der Waals surface area contributed by atoms with Crippen LogP contribution in [0.2, 0.25) is 0 Å². The van der Waals surface area contributed by atoms with Crippen LogP contribution in [0, 0.1) is 40.7 Å². The number of rotatable bonds is 1. The van der Waals surface area contributed by atoms with Crippen LogP contribution in [0.15, 0.2) is 48.5 Å². The average molecular weight is 261 g/mol. The third-order valence-electron chi connectivity index (χ3n) is 2.58. The molecule has 0 amide bonds. The van der Waals surface area contributed by atoms with Crippen molar-refractivity contribution in [1.82, 2.24) is 0 Å². The van der Waals surface area contributed by atoms with Gasteiger partial charge >= 0.3 is 0 Å². The first kappa shape index (κ1) is 13.4. The average Bonchev–Trinajstić information content (AvgIpc) is 2.46. The summed E-state index contributed by atoms with van der Waals surface area (Å²) in [6.45, 7) is 2.01. The van der Waals surface area contributed by atoms with Gasteiger partial charge in [0.2, 0.25) is 0 Å². The lowest BCUT2D eigenvalue weighted by Gasteiger charge is -1.91. The van der Waals surface area contributed by atoms with Gasteiger partial charge in [-0.15, -0.1) is 0 Å². The van der Waals surface area contributed by atoms with E-state index in [9.17, 15) is 10.1 Å². The second-order valence-corrected chi connectivity index (χ2v) is 4.17. The minimum Gasteiger partial charge on any atom is -0.258 e. The van der Waals surface area contributed by atoms with Crippen LogP contribution in [0.1, 0.15) is 16.7 Å². The molecule has 0 fully saturated rings. The van der Waals surface area contributed by atoms with E-state index in [-0.39, 0.29) is 5.69 Å². The number of non-ortho nitro benzene ring substituents is 1.